The highest BCUT2D eigenvalue weighted by Crippen LogP contribution is 2.22. The third kappa shape index (κ3) is 7.64. The summed E-state index contributed by atoms with van der Waals surface area (Å²) in [6.45, 7) is 8.50. The number of likely N-dealkylation sites (N-methyl/N-ethyl adjacent to an activating group) is 1. The molecular formula is C25H37N3O. The molecule has 29 heavy (non-hydrogen) atoms. The maximum Gasteiger partial charge on any atom is 0.236 e. The molecule has 158 valence electrons. The van der Waals surface area contributed by atoms with Crippen molar-refractivity contribution in [3.8, 4) is 11.1 Å². The van der Waals surface area contributed by atoms with E-state index in [0.717, 1.165) is 12.1 Å². The van der Waals surface area contributed by atoms with Crippen molar-refractivity contribution in [2.24, 2.45) is 5.73 Å². The molecule has 0 radical (unpaired) electrons. The molecule has 0 spiro atoms. The number of amides is 1. The van der Waals surface area contributed by atoms with E-state index in [0.29, 0.717) is 6.54 Å². The smallest absolute Gasteiger partial charge is 0.236 e. The van der Waals surface area contributed by atoms with Gasteiger partial charge >= 0.3 is 0 Å². The van der Waals surface area contributed by atoms with E-state index in [9.17, 15) is 4.79 Å². The van der Waals surface area contributed by atoms with Crippen molar-refractivity contribution >= 4 is 5.91 Å². The van der Waals surface area contributed by atoms with Gasteiger partial charge in [0, 0.05) is 20.1 Å². The van der Waals surface area contributed by atoms with Gasteiger partial charge in [-0.25, -0.2) is 0 Å². The van der Waals surface area contributed by atoms with Gasteiger partial charge < -0.3 is 10.6 Å². The van der Waals surface area contributed by atoms with E-state index in [4.69, 9.17) is 5.73 Å². The maximum absolute atomic E-state index is 11.7. The number of rotatable bonds is 12. The van der Waals surface area contributed by atoms with Crippen LogP contribution in [0.4, 0.5) is 0 Å². The van der Waals surface area contributed by atoms with E-state index in [2.05, 4.69) is 67.3 Å². The summed E-state index contributed by atoms with van der Waals surface area (Å²) in [6, 6.07) is 17.3. The minimum absolute atomic E-state index is 0.0459. The molecule has 0 aliphatic carbocycles. The Labute approximate surface area is 176 Å². The Bertz CT molecular complexity index is 734. The fourth-order valence-corrected chi connectivity index (χ4v) is 3.46. The van der Waals surface area contributed by atoms with Crippen LogP contribution in [0.5, 0.6) is 0 Å². The molecular weight excluding hydrogens is 358 g/mol. The van der Waals surface area contributed by atoms with Crippen LogP contribution in [0.15, 0.2) is 48.5 Å². The largest absolute Gasteiger partial charge is 0.340 e. The second kappa shape index (κ2) is 12.4. The number of carbonyl (C=O) groups is 1. The lowest BCUT2D eigenvalue weighted by Gasteiger charge is -2.22. The standard InChI is InChI=1S/C25H37N3O/c1-4-6-15-28(16-7-5-2)20-21-11-13-23(14-12-21)24-10-8-9-22(17-24)19-27(3)25(29)18-26/h8-14,17H,4-7,15-16,18-20,26H2,1-3H3. The van der Waals surface area contributed by atoms with Crippen LogP contribution in [0, 0.1) is 0 Å². The Balaban J connectivity index is 2.05. The molecule has 0 unspecified atom stereocenters. The average Bonchev–Trinajstić information content (AvgIpc) is 2.75. The van der Waals surface area contributed by atoms with Crippen LogP contribution in [-0.2, 0) is 17.9 Å². The van der Waals surface area contributed by atoms with Gasteiger partial charge in [0.2, 0.25) is 5.91 Å². The van der Waals surface area contributed by atoms with Gasteiger partial charge in [-0.05, 0) is 54.3 Å². The fraction of sp³-hybridized carbons (Fsp3) is 0.480. The summed E-state index contributed by atoms with van der Waals surface area (Å²) in [6.07, 6.45) is 5.00. The summed E-state index contributed by atoms with van der Waals surface area (Å²) in [5.74, 6) is -0.0459. The summed E-state index contributed by atoms with van der Waals surface area (Å²) < 4.78 is 0. The fourth-order valence-electron chi connectivity index (χ4n) is 3.46. The predicted octanol–water partition coefficient (Wildman–Crippen LogP) is 4.67. The van der Waals surface area contributed by atoms with Gasteiger partial charge in [-0.2, -0.15) is 0 Å². The van der Waals surface area contributed by atoms with Gasteiger partial charge in [-0.15, -0.1) is 0 Å². The SMILES string of the molecule is CCCCN(CCCC)Cc1ccc(-c2cccc(CN(C)C(=O)CN)c2)cc1. The van der Waals surface area contributed by atoms with Crippen LogP contribution in [-0.4, -0.2) is 42.4 Å². The van der Waals surface area contributed by atoms with Crippen LogP contribution >= 0.6 is 0 Å². The van der Waals surface area contributed by atoms with Crippen molar-refractivity contribution in [3.05, 3.63) is 59.7 Å². The van der Waals surface area contributed by atoms with Crippen molar-refractivity contribution in [2.75, 3.05) is 26.7 Å². The molecule has 0 aromatic heterocycles. The highest BCUT2D eigenvalue weighted by atomic mass is 16.2. The normalized spacial score (nSPS) is 11.1. The van der Waals surface area contributed by atoms with Gasteiger partial charge in [0.05, 0.1) is 6.54 Å². The minimum atomic E-state index is -0.0459. The molecule has 1 amide bonds. The molecule has 0 atom stereocenters. The minimum Gasteiger partial charge on any atom is -0.340 e. The third-order valence-electron chi connectivity index (χ3n) is 5.30. The lowest BCUT2D eigenvalue weighted by Crippen LogP contribution is -2.32. The molecule has 0 aliphatic heterocycles. The van der Waals surface area contributed by atoms with Crippen molar-refractivity contribution in [1.29, 1.82) is 0 Å². The van der Waals surface area contributed by atoms with E-state index in [1.165, 1.54) is 55.5 Å². The third-order valence-corrected chi connectivity index (χ3v) is 5.30. The molecule has 0 bridgehead atoms. The molecule has 4 nitrogen and oxygen atoms in total. The number of nitrogens with zero attached hydrogens (tertiary/aromatic N) is 2. The molecule has 2 aromatic carbocycles. The molecule has 2 N–H and O–H groups in total. The highest BCUT2D eigenvalue weighted by molar-refractivity contribution is 5.77. The first kappa shape index (κ1) is 23.1. The van der Waals surface area contributed by atoms with E-state index in [1.807, 2.05) is 0 Å². The highest BCUT2D eigenvalue weighted by Gasteiger charge is 2.09. The first-order valence-electron chi connectivity index (χ1n) is 10.9. The van der Waals surface area contributed by atoms with E-state index in [1.54, 1.807) is 11.9 Å². The zero-order chi connectivity index (χ0) is 21.1. The van der Waals surface area contributed by atoms with Crippen LogP contribution in [0.3, 0.4) is 0 Å². The Morgan fingerprint density at radius 3 is 2.10 bits per heavy atom. The van der Waals surface area contributed by atoms with Crippen LogP contribution in [0.2, 0.25) is 0 Å². The molecule has 4 heteroatoms. The van der Waals surface area contributed by atoms with Gasteiger partial charge in [-0.1, -0.05) is 69.2 Å². The van der Waals surface area contributed by atoms with Crippen LogP contribution in [0.25, 0.3) is 11.1 Å². The molecule has 0 fully saturated rings. The first-order valence-corrected chi connectivity index (χ1v) is 10.9. The van der Waals surface area contributed by atoms with E-state index >= 15 is 0 Å². The number of nitrogens with two attached hydrogens (primary N) is 1. The molecule has 0 heterocycles. The topological polar surface area (TPSA) is 49.6 Å². The lowest BCUT2D eigenvalue weighted by atomic mass is 10.0. The van der Waals surface area contributed by atoms with Crippen LogP contribution < -0.4 is 5.73 Å². The summed E-state index contributed by atoms with van der Waals surface area (Å²) >= 11 is 0. The zero-order valence-corrected chi connectivity index (χ0v) is 18.4. The predicted molar refractivity (Wildman–Crippen MR) is 122 cm³/mol. The monoisotopic (exact) mass is 395 g/mol. The second-order valence-corrected chi connectivity index (χ2v) is 7.83. The summed E-state index contributed by atoms with van der Waals surface area (Å²) in [4.78, 5) is 16.0. The molecule has 0 saturated heterocycles. The number of hydrogen-bond acceptors (Lipinski definition) is 3. The number of unbranched alkanes of at least 4 members (excludes halogenated alkanes) is 2. The lowest BCUT2D eigenvalue weighted by molar-refractivity contribution is -0.128. The summed E-state index contributed by atoms with van der Waals surface area (Å²) in [5.41, 5.74) is 10.3. The molecule has 0 saturated carbocycles. The Hall–Kier alpha value is -2.17. The van der Waals surface area contributed by atoms with Crippen molar-refractivity contribution in [1.82, 2.24) is 9.80 Å². The van der Waals surface area contributed by atoms with Gasteiger partial charge in [0.25, 0.3) is 0 Å². The van der Waals surface area contributed by atoms with E-state index < -0.39 is 0 Å². The number of carbonyl (C=O) groups excluding carboxylic acids is 1. The van der Waals surface area contributed by atoms with Gasteiger partial charge in [-0.3, -0.25) is 9.69 Å². The maximum atomic E-state index is 11.7. The molecule has 2 rings (SSSR count). The van der Waals surface area contributed by atoms with Crippen molar-refractivity contribution in [2.45, 2.75) is 52.6 Å². The van der Waals surface area contributed by atoms with Crippen LogP contribution in [0.1, 0.15) is 50.7 Å². The number of hydrogen-bond donors (Lipinski definition) is 1. The Kier molecular flexibility index (Phi) is 9.89. The van der Waals surface area contributed by atoms with Crippen molar-refractivity contribution < 1.29 is 4.79 Å². The Morgan fingerprint density at radius 2 is 1.52 bits per heavy atom. The Morgan fingerprint density at radius 1 is 0.862 bits per heavy atom. The van der Waals surface area contributed by atoms with Crippen molar-refractivity contribution in [3.63, 3.8) is 0 Å². The number of benzene rings is 2. The molecule has 0 aliphatic rings. The first-order chi connectivity index (χ1) is 14.1. The van der Waals surface area contributed by atoms with E-state index in [-0.39, 0.29) is 12.5 Å². The second-order valence-electron chi connectivity index (χ2n) is 7.83. The van der Waals surface area contributed by atoms with Gasteiger partial charge in [0.1, 0.15) is 0 Å². The summed E-state index contributed by atoms with van der Waals surface area (Å²) in [5, 5.41) is 0. The zero-order valence-electron chi connectivity index (χ0n) is 18.4. The van der Waals surface area contributed by atoms with Gasteiger partial charge in [0.15, 0.2) is 0 Å². The summed E-state index contributed by atoms with van der Waals surface area (Å²) in [7, 11) is 1.79. The quantitative estimate of drug-likeness (QED) is 0.568. The molecule has 2 aromatic rings. The average molecular weight is 396 g/mol.